The van der Waals surface area contributed by atoms with Crippen LogP contribution in [-0.2, 0) is 14.8 Å². The van der Waals surface area contributed by atoms with E-state index in [1.54, 1.807) is 43.5 Å². The summed E-state index contributed by atoms with van der Waals surface area (Å²) in [6, 6.07) is 21.0. The van der Waals surface area contributed by atoms with Crippen molar-refractivity contribution in [2.75, 3.05) is 18.0 Å². The second-order valence-corrected chi connectivity index (χ2v) is 10.9. The first kappa shape index (κ1) is 26.3. The second kappa shape index (κ2) is 11.4. The number of benzene rings is 3. The molecule has 0 aliphatic rings. The summed E-state index contributed by atoms with van der Waals surface area (Å²) in [7, 11) is -2.36. The minimum absolute atomic E-state index is 0.141. The Balaban J connectivity index is 1.95. The van der Waals surface area contributed by atoms with Crippen molar-refractivity contribution in [3.63, 3.8) is 0 Å². The fourth-order valence-corrected chi connectivity index (χ4v) is 5.48. The van der Waals surface area contributed by atoms with Crippen LogP contribution in [0.2, 0.25) is 0 Å². The number of amides is 1. The molecule has 0 radical (unpaired) electrons. The Morgan fingerprint density at radius 3 is 2.20 bits per heavy atom. The van der Waals surface area contributed by atoms with E-state index in [1.807, 2.05) is 50.2 Å². The molecule has 0 saturated heterocycles. The van der Waals surface area contributed by atoms with Gasteiger partial charge in [0.15, 0.2) is 0 Å². The van der Waals surface area contributed by atoms with Crippen LogP contribution < -0.4 is 14.4 Å². The van der Waals surface area contributed by atoms with Gasteiger partial charge in [0.25, 0.3) is 10.0 Å². The van der Waals surface area contributed by atoms with Gasteiger partial charge in [-0.2, -0.15) is 0 Å². The van der Waals surface area contributed by atoms with Gasteiger partial charge in [-0.15, -0.1) is 0 Å². The molecular formula is C28H34N2O4S. The Bertz CT molecular complexity index is 1240. The quantitative estimate of drug-likeness (QED) is 0.409. The number of sulfonamides is 1. The number of methoxy groups -OCH3 is 1. The molecule has 1 unspecified atom stereocenters. The summed E-state index contributed by atoms with van der Waals surface area (Å²) in [5, 5.41) is 3.07. The predicted molar refractivity (Wildman–Crippen MR) is 140 cm³/mol. The third-order valence-electron chi connectivity index (χ3n) is 6.02. The van der Waals surface area contributed by atoms with E-state index in [0.29, 0.717) is 18.0 Å². The monoisotopic (exact) mass is 494 g/mol. The number of anilines is 1. The van der Waals surface area contributed by atoms with Crippen molar-refractivity contribution in [3.05, 3.63) is 89.5 Å². The van der Waals surface area contributed by atoms with Gasteiger partial charge >= 0.3 is 0 Å². The van der Waals surface area contributed by atoms with Gasteiger partial charge < -0.3 is 10.1 Å². The summed E-state index contributed by atoms with van der Waals surface area (Å²) in [4.78, 5) is 13.5. The zero-order chi connectivity index (χ0) is 25.6. The van der Waals surface area contributed by atoms with E-state index in [4.69, 9.17) is 4.74 Å². The van der Waals surface area contributed by atoms with E-state index < -0.39 is 10.0 Å². The summed E-state index contributed by atoms with van der Waals surface area (Å²) >= 11 is 0. The van der Waals surface area contributed by atoms with Gasteiger partial charge in [-0.1, -0.05) is 56.3 Å². The van der Waals surface area contributed by atoms with Crippen molar-refractivity contribution in [1.29, 1.82) is 0 Å². The van der Waals surface area contributed by atoms with Crippen LogP contribution in [0.4, 0.5) is 5.69 Å². The Morgan fingerprint density at radius 2 is 1.60 bits per heavy atom. The van der Waals surface area contributed by atoms with Crippen molar-refractivity contribution >= 4 is 21.6 Å². The molecule has 35 heavy (non-hydrogen) atoms. The summed E-state index contributed by atoms with van der Waals surface area (Å²) < 4.78 is 33.8. The van der Waals surface area contributed by atoms with E-state index in [1.165, 1.54) is 4.31 Å². The Hall–Kier alpha value is -3.32. The number of carbonyl (C=O) groups excluding carboxylic acids is 1. The smallest absolute Gasteiger partial charge is 0.264 e. The molecule has 0 spiro atoms. The van der Waals surface area contributed by atoms with Crippen LogP contribution in [0.3, 0.4) is 0 Å². The van der Waals surface area contributed by atoms with Crippen molar-refractivity contribution in [1.82, 2.24) is 5.32 Å². The highest BCUT2D eigenvalue weighted by atomic mass is 32.2. The van der Waals surface area contributed by atoms with E-state index >= 15 is 0 Å². The third kappa shape index (κ3) is 6.42. The average molecular weight is 495 g/mol. The highest BCUT2D eigenvalue weighted by Crippen LogP contribution is 2.29. The lowest BCUT2D eigenvalue weighted by Crippen LogP contribution is -2.42. The van der Waals surface area contributed by atoms with Crippen LogP contribution in [-0.4, -0.2) is 28.0 Å². The number of nitrogens with zero attached hydrogens (tertiary/aromatic N) is 1. The first-order valence-electron chi connectivity index (χ1n) is 11.7. The predicted octanol–water partition coefficient (Wildman–Crippen LogP) is 5.41. The zero-order valence-corrected chi connectivity index (χ0v) is 21.8. The van der Waals surface area contributed by atoms with Crippen LogP contribution in [0.15, 0.2) is 77.7 Å². The summed E-state index contributed by atoms with van der Waals surface area (Å²) in [5.74, 6) is 0.691. The van der Waals surface area contributed by atoms with Crippen LogP contribution in [0, 0.1) is 19.8 Å². The number of nitrogens with one attached hydrogen (secondary N) is 1. The summed E-state index contributed by atoms with van der Waals surface area (Å²) in [6.45, 7) is 7.64. The zero-order valence-electron chi connectivity index (χ0n) is 21.0. The maximum atomic E-state index is 13.7. The van der Waals surface area contributed by atoms with E-state index in [2.05, 4.69) is 19.2 Å². The molecule has 3 rings (SSSR count). The molecule has 0 fully saturated rings. The van der Waals surface area contributed by atoms with Gasteiger partial charge in [0.05, 0.1) is 23.7 Å². The second-order valence-electron chi connectivity index (χ2n) is 9.07. The number of rotatable bonds is 10. The van der Waals surface area contributed by atoms with E-state index in [-0.39, 0.29) is 23.4 Å². The highest BCUT2D eigenvalue weighted by molar-refractivity contribution is 7.92. The maximum Gasteiger partial charge on any atom is 0.264 e. The van der Waals surface area contributed by atoms with Gasteiger partial charge in [-0.25, -0.2) is 8.42 Å². The number of hydrogen-bond acceptors (Lipinski definition) is 4. The topological polar surface area (TPSA) is 75.7 Å². The van der Waals surface area contributed by atoms with Gasteiger partial charge in [0.1, 0.15) is 12.3 Å². The highest BCUT2D eigenvalue weighted by Gasteiger charge is 2.29. The lowest BCUT2D eigenvalue weighted by Gasteiger charge is -2.28. The van der Waals surface area contributed by atoms with E-state index in [0.717, 1.165) is 22.4 Å². The molecule has 0 aromatic heterocycles. The summed E-state index contributed by atoms with van der Waals surface area (Å²) in [6.07, 6.45) is 0.715. The number of aryl methyl sites for hydroxylation is 1. The molecule has 0 aliphatic carbocycles. The van der Waals surface area contributed by atoms with Crippen molar-refractivity contribution in [2.45, 2.75) is 45.1 Å². The fraction of sp³-hybridized carbons (Fsp3) is 0.321. The standard InChI is InChI=1S/C28H34N2O4S/c1-20(2)18-26(23-14-16-24(34-5)17-15-23)29-28(31)19-30(27-13-9-10-21(3)22(27)4)35(32,33)25-11-7-6-8-12-25/h6-17,20,26H,18-19H2,1-5H3,(H,29,31). The molecule has 7 heteroatoms. The molecule has 0 bridgehead atoms. The van der Waals surface area contributed by atoms with Crippen LogP contribution >= 0.6 is 0 Å². The Kier molecular flexibility index (Phi) is 8.57. The van der Waals surface area contributed by atoms with Gasteiger partial charge in [0.2, 0.25) is 5.91 Å². The molecule has 186 valence electrons. The molecular weight excluding hydrogens is 460 g/mol. The van der Waals surface area contributed by atoms with Crippen molar-refractivity contribution in [3.8, 4) is 5.75 Å². The minimum Gasteiger partial charge on any atom is -0.497 e. The van der Waals surface area contributed by atoms with Crippen LogP contribution in [0.1, 0.15) is 43.0 Å². The molecule has 1 atom stereocenters. The maximum absolute atomic E-state index is 13.7. The Morgan fingerprint density at radius 1 is 0.943 bits per heavy atom. The molecule has 1 amide bonds. The lowest BCUT2D eigenvalue weighted by atomic mass is 9.97. The normalized spacial score (nSPS) is 12.3. The van der Waals surface area contributed by atoms with Gasteiger partial charge in [-0.05, 0) is 73.2 Å². The molecule has 3 aromatic carbocycles. The number of hydrogen-bond donors (Lipinski definition) is 1. The minimum atomic E-state index is -3.96. The Labute approximate surface area is 209 Å². The molecule has 0 saturated carbocycles. The fourth-order valence-electron chi connectivity index (χ4n) is 3.98. The van der Waals surface area contributed by atoms with Crippen LogP contribution in [0.5, 0.6) is 5.75 Å². The number of ether oxygens (including phenoxy) is 1. The van der Waals surface area contributed by atoms with Gasteiger partial charge in [0, 0.05) is 0 Å². The molecule has 1 N–H and O–H groups in total. The largest absolute Gasteiger partial charge is 0.497 e. The molecule has 3 aromatic rings. The molecule has 0 heterocycles. The lowest BCUT2D eigenvalue weighted by molar-refractivity contribution is -0.120. The molecule has 6 nitrogen and oxygen atoms in total. The van der Waals surface area contributed by atoms with Crippen molar-refractivity contribution in [2.24, 2.45) is 5.92 Å². The van der Waals surface area contributed by atoms with Crippen LogP contribution in [0.25, 0.3) is 0 Å². The first-order chi connectivity index (χ1) is 16.6. The molecule has 0 aliphatic heterocycles. The van der Waals surface area contributed by atoms with Gasteiger partial charge in [-0.3, -0.25) is 9.10 Å². The van der Waals surface area contributed by atoms with Crippen molar-refractivity contribution < 1.29 is 17.9 Å². The summed E-state index contributed by atoms with van der Waals surface area (Å²) in [5.41, 5.74) is 3.20. The first-order valence-corrected chi connectivity index (χ1v) is 13.1. The SMILES string of the molecule is COc1ccc(C(CC(C)C)NC(=O)CN(c2cccc(C)c2C)S(=O)(=O)c2ccccc2)cc1. The average Bonchev–Trinajstić information content (AvgIpc) is 2.84. The van der Waals surface area contributed by atoms with E-state index in [9.17, 15) is 13.2 Å². The third-order valence-corrected chi connectivity index (χ3v) is 7.80. The number of carbonyl (C=O) groups is 1.